The van der Waals surface area contributed by atoms with E-state index < -0.39 is 12.1 Å². The summed E-state index contributed by atoms with van der Waals surface area (Å²) in [6, 6.07) is 2.92. The highest BCUT2D eigenvalue weighted by molar-refractivity contribution is 9.10. The van der Waals surface area contributed by atoms with Gasteiger partial charge in [-0.05, 0) is 22.0 Å². The van der Waals surface area contributed by atoms with Gasteiger partial charge < -0.3 is 10.5 Å². The topological polar surface area (TPSA) is 35.2 Å². The zero-order valence-corrected chi connectivity index (χ0v) is 9.58. The molecule has 0 bridgehead atoms. The molecule has 2 nitrogen and oxygen atoms in total. The van der Waals surface area contributed by atoms with E-state index in [1.54, 1.807) is 0 Å². The fraction of sp³-hybridized carbons (Fsp3) is 0.250. The normalized spacial score (nSPS) is 11.5. The number of hydrogen-bond donors (Lipinski definition) is 1. The van der Waals surface area contributed by atoms with Crippen LogP contribution in [0, 0.1) is 0 Å². The van der Waals surface area contributed by atoms with E-state index in [0.717, 1.165) is 0 Å². The summed E-state index contributed by atoms with van der Waals surface area (Å²) < 4.78 is 40.2. The molecular weight excluding hydrogens is 298 g/mol. The van der Waals surface area contributed by atoms with Crippen molar-refractivity contribution in [1.29, 1.82) is 0 Å². The van der Waals surface area contributed by atoms with Gasteiger partial charge in [-0.25, -0.2) is 0 Å². The Morgan fingerprint density at radius 2 is 2.00 bits per heavy atom. The highest BCUT2D eigenvalue weighted by Crippen LogP contribution is 2.37. The molecule has 0 fully saturated rings. The summed E-state index contributed by atoms with van der Waals surface area (Å²) in [5, 5.41) is 0. The van der Waals surface area contributed by atoms with E-state index in [9.17, 15) is 13.2 Å². The number of nitrogens with two attached hydrogens (primary N) is 1. The van der Waals surface area contributed by atoms with Crippen LogP contribution in [-0.4, -0.2) is 6.36 Å². The number of alkyl halides is 4. The van der Waals surface area contributed by atoms with Crippen molar-refractivity contribution in [3.63, 3.8) is 0 Å². The first-order valence-electron chi connectivity index (χ1n) is 3.73. The maximum absolute atomic E-state index is 12.0. The highest BCUT2D eigenvalue weighted by atomic mass is 79.9. The molecule has 0 aliphatic carbocycles. The molecule has 0 aliphatic rings. The Balaban J connectivity index is 3.18. The van der Waals surface area contributed by atoms with E-state index in [0.29, 0.717) is 4.47 Å². The number of ether oxygens (including phenoxy) is 1. The Labute approximate surface area is 97.3 Å². The van der Waals surface area contributed by atoms with Gasteiger partial charge in [0.05, 0.1) is 11.6 Å². The maximum Gasteiger partial charge on any atom is 0.573 e. The summed E-state index contributed by atoms with van der Waals surface area (Å²) >= 11 is 8.47. The molecule has 0 aromatic heterocycles. The van der Waals surface area contributed by atoms with Crippen molar-refractivity contribution in [2.45, 2.75) is 12.2 Å². The second-order valence-corrected chi connectivity index (χ2v) is 3.75. The lowest BCUT2D eigenvalue weighted by molar-refractivity contribution is -0.274. The van der Waals surface area contributed by atoms with Crippen LogP contribution in [-0.2, 0) is 5.88 Å². The first kappa shape index (κ1) is 12.4. The van der Waals surface area contributed by atoms with Gasteiger partial charge in [0.15, 0.2) is 5.75 Å². The molecule has 2 N–H and O–H groups in total. The molecule has 84 valence electrons. The number of rotatable bonds is 2. The van der Waals surface area contributed by atoms with Gasteiger partial charge in [-0.1, -0.05) is 6.07 Å². The van der Waals surface area contributed by atoms with Crippen LogP contribution in [0.25, 0.3) is 0 Å². The van der Waals surface area contributed by atoms with Gasteiger partial charge in [-0.15, -0.1) is 24.8 Å². The lowest BCUT2D eigenvalue weighted by Gasteiger charge is -2.15. The van der Waals surface area contributed by atoms with E-state index in [4.69, 9.17) is 17.3 Å². The molecular formula is C8H6BrClF3NO. The summed E-state index contributed by atoms with van der Waals surface area (Å²) in [6.07, 6.45) is -4.78. The van der Waals surface area contributed by atoms with Crippen LogP contribution in [0.1, 0.15) is 5.56 Å². The largest absolute Gasteiger partial charge is 0.573 e. The third-order valence-electron chi connectivity index (χ3n) is 1.59. The highest BCUT2D eigenvalue weighted by Gasteiger charge is 2.33. The fourth-order valence-electron chi connectivity index (χ4n) is 0.962. The molecule has 0 unspecified atom stereocenters. The van der Waals surface area contributed by atoms with Crippen molar-refractivity contribution in [3.8, 4) is 5.75 Å². The monoisotopic (exact) mass is 303 g/mol. The second-order valence-electron chi connectivity index (χ2n) is 2.63. The first-order chi connectivity index (χ1) is 6.85. The van der Waals surface area contributed by atoms with E-state index >= 15 is 0 Å². The third-order valence-corrected chi connectivity index (χ3v) is 2.57. The molecule has 0 saturated heterocycles. The average Bonchev–Trinajstić information content (AvgIpc) is 2.11. The van der Waals surface area contributed by atoms with Crippen LogP contribution >= 0.6 is 27.5 Å². The summed E-state index contributed by atoms with van der Waals surface area (Å²) in [5.74, 6) is -0.560. The average molecular weight is 304 g/mol. The van der Waals surface area contributed by atoms with Gasteiger partial charge in [-0.3, -0.25) is 0 Å². The lowest BCUT2D eigenvalue weighted by atomic mass is 10.2. The summed E-state index contributed by atoms with van der Waals surface area (Å²) in [4.78, 5) is 0. The molecule has 0 spiro atoms. The van der Waals surface area contributed by atoms with Crippen molar-refractivity contribution in [3.05, 3.63) is 22.2 Å². The second kappa shape index (κ2) is 4.49. The molecule has 0 aliphatic heterocycles. The van der Waals surface area contributed by atoms with E-state index in [-0.39, 0.29) is 17.1 Å². The van der Waals surface area contributed by atoms with Crippen LogP contribution in [0.2, 0.25) is 0 Å². The first-order valence-corrected chi connectivity index (χ1v) is 5.06. The van der Waals surface area contributed by atoms with E-state index in [1.807, 2.05) is 0 Å². The Kier molecular flexibility index (Phi) is 3.72. The van der Waals surface area contributed by atoms with Crippen molar-refractivity contribution in [1.82, 2.24) is 0 Å². The maximum atomic E-state index is 12.0. The lowest BCUT2D eigenvalue weighted by Crippen LogP contribution is -2.19. The zero-order chi connectivity index (χ0) is 11.6. The van der Waals surface area contributed by atoms with Crippen molar-refractivity contribution in [2.75, 3.05) is 5.73 Å². The molecule has 0 heterocycles. The molecule has 15 heavy (non-hydrogen) atoms. The zero-order valence-electron chi connectivity index (χ0n) is 7.24. The number of halogens is 5. The minimum Gasteiger partial charge on any atom is -0.403 e. The number of benzene rings is 1. The Hall–Kier alpha value is -0.620. The fourth-order valence-corrected chi connectivity index (χ4v) is 1.48. The minimum absolute atomic E-state index is 0.108. The molecule has 7 heteroatoms. The predicted octanol–water partition coefficient (Wildman–Crippen LogP) is 3.67. The van der Waals surface area contributed by atoms with Crippen LogP contribution in [0.15, 0.2) is 16.6 Å². The number of nitrogen functional groups attached to an aromatic ring is 1. The summed E-state index contributed by atoms with van der Waals surface area (Å²) in [5.41, 5.74) is 5.51. The van der Waals surface area contributed by atoms with E-state index in [2.05, 4.69) is 20.7 Å². The molecule has 1 rings (SSSR count). The molecule has 1 aromatic carbocycles. The summed E-state index contributed by atoms with van der Waals surface area (Å²) in [6.45, 7) is 0. The van der Waals surface area contributed by atoms with Gasteiger partial charge in [0, 0.05) is 10.0 Å². The Morgan fingerprint density at radius 3 is 2.47 bits per heavy atom. The Bertz CT molecular complexity index is 370. The Morgan fingerprint density at radius 1 is 1.40 bits per heavy atom. The van der Waals surface area contributed by atoms with Gasteiger partial charge in [0.25, 0.3) is 0 Å². The third kappa shape index (κ3) is 3.17. The SMILES string of the molecule is Nc1c(Br)ccc(CCl)c1OC(F)(F)F. The summed E-state index contributed by atoms with van der Waals surface area (Å²) in [7, 11) is 0. The van der Waals surface area contributed by atoms with Crippen molar-refractivity contribution in [2.24, 2.45) is 0 Å². The van der Waals surface area contributed by atoms with Gasteiger partial charge >= 0.3 is 6.36 Å². The molecule has 1 aromatic rings. The van der Waals surface area contributed by atoms with Crippen LogP contribution < -0.4 is 10.5 Å². The van der Waals surface area contributed by atoms with Gasteiger partial charge in [0.1, 0.15) is 0 Å². The van der Waals surface area contributed by atoms with Gasteiger partial charge in [0.2, 0.25) is 0 Å². The number of hydrogen-bond acceptors (Lipinski definition) is 2. The molecule has 0 amide bonds. The molecule has 0 radical (unpaired) electrons. The van der Waals surface area contributed by atoms with Crippen LogP contribution in [0.4, 0.5) is 18.9 Å². The smallest absolute Gasteiger partial charge is 0.403 e. The van der Waals surface area contributed by atoms with Gasteiger partial charge in [-0.2, -0.15) is 0 Å². The quantitative estimate of drug-likeness (QED) is 0.668. The van der Waals surface area contributed by atoms with Crippen molar-refractivity contribution >= 4 is 33.2 Å². The molecule has 0 atom stereocenters. The molecule has 0 saturated carbocycles. The van der Waals surface area contributed by atoms with Crippen LogP contribution in [0.5, 0.6) is 5.75 Å². The standard InChI is InChI=1S/C8H6BrClF3NO/c9-5-2-1-4(3-10)7(6(5)14)15-8(11,12)13/h1-2H,3,14H2. The minimum atomic E-state index is -4.78. The van der Waals surface area contributed by atoms with E-state index in [1.165, 1.54) is 12.1 Å². The van der Waals surface area contributed by atoms with Crippen LogP contribution in [0.3, 0.4) is 0 Å². The van der Waals surface area contributed by atoms with Crippen molar-refractivity contribution < 1.29 is 17.9 Å². The predicted molar refractivity (Wildman–Crippen MR) is 54.8 cm³/mol. The number of anilines is 1.